The lowest BCUT2D eigenvalue weighted by molar-refractivity contribution is 0.905. The second-order valence-electron chi connectivity index (χ2n) is 5.56. The fraction of sp³-hybridized carbons (Fsp3) is 0.500. The first-order valence-electron chi connectivity index (χ1n) is 7.66. The van der Waals surface area contributed by atoms with Gasteiger partial charge in [-0.15, -0.1) is 11.3 Å². The summed E-state index contributed by atoms with van der Waals surface area (Å²) < 4.78 is 0. The van der Waals surface area contributed by atoms with Crippen molar-refractivity contribution in [3.05, 3.63) is 33.8 Å². The molecule has 0 radical (unpaired) electrons. The van der Waals surface area contributed by atoms with Crippen LogP contribution in [0.2, 0.25) is 0 Å². The molecular formula is C16H22N4S. The maximum atomic E-state index is 4.67. The van der Waals surface area contributed by atoms with Crippen LogP contribution in [-0.2, 0) is 6.54 Å². The fourth-order valence-corrected chi connectivity index (χ4v) is 3.01. The summed E-state index contributed by atoms with van der Waals surface area (Å²) in [5.74, 6) is 3.43. The average Bonchev–Trinajstić information content (AvgIpc) is 3.26. The Labute approximate surface area is 130 Å². The van der Waals surface area contributed by atoms with Gasteiger partial charge >= 0.3 is 0 Å². The van der Waals surface area contributed by atoms with Gasteiger partial charge in [0, 0.05) is 28.3 Å². The SMILES string of the molecule is CCCNc1cc(NCc2ccc(C)s2)nc(C2CC2)n1. The van der Waals surface area contributed by atoms with E-state index in [9.17, 15) is 0 Å². The van der Waals surface area contributed by atoms with E-state index < -0.39 is 0 Å². The van der Waals surface area contributed by atoms with Gasteiger partial charge in [0.05, 0.1) is 6.54 Å². The third-order valence-corrected chi connectivity index (χ3v) is 4.48. The quantitative estimate of drug-likeness (QED) is 0.806. The van der Waals surface area contributed by atoms with E-state index in [1.165, 1.54) is 22.6 Å². The highest BCUT2D eigenvalue weighted by molar-refractivity contribution is 7.11. The summed E-state index contributed by atoms with van der Waals surface area (Å²) in [6.07, 6.45) is 3.54. The predicted molar refractivity (Wildman–Crippen MR) is 89.2 cm³/mol. The molecule has 0 aromatic carbocycles. The van der Waals surface area contributed by atoms with E-state index in [0.29, 0.717) is 5.92 Å². The number of hydrogen-bond acceptors (Lipinski definition) is 5. The Morgan fingerprint density at radius 1 is 1.19 bits per heavy atom. The minimum atomic E-state index is 0.568. The van der Waals surface area contributed by atoms with Crippen LogP contribution in [0.4, 0.5) is 11.6 Å². The number of nitrogens with zero attached hydrogens (tertiary/aromatic N) is 2. The van der Waals surface area contributed by atoms with E-state index in [4.69, 9.17) is 0 Å². The number of nitrogens with one attached hydrogen (secondary N) is 2. The Kier molecular flexibility index (Phi) is 4.39. The van der Waals surface area contributed by atoms with Gasteiger partial charge in [-0.3, -0.25) is 0 Å². The summed E-state index contributed by atoms with van der Waals surface area (Å²) in [7, 11) is 0. The number of hydrogen-bond donors (Lipinski definition) is 2. The first-order valence-corrected chi connectivity index (χ1v) is 8.48. The summed E-state index contributed by atoms with van der Waals surface area (Å²) in [6, 6.07) is 6.35. The molecular weight excluding hydrogens is 280 g/mol. The van der Waals surface area contributed by atoms with Crippen molar-refractivity contribution in [3.8, 4) is 0 Å². The van der Waals surface area contributed by atoms with Crippen molar-refractivity contribution in [1.82, 2.24) is 9.97 Å². The number of anilines is 2. The molecule has 2 aromatic heterocycles. The van der Waals surface area contributed by atoms with Gasteiger partial charge in [-0.05, 0) is 38.3 Å². The van der Waals surface area contributed by atoms with E-state index in [1.807, 2.05) is 17.4 Å². The number of aromatic nitrogens is 2. The monoisotopic (exact) mass is 302 g/mol. The molecule has 0 saturated heterocycles. The molecule has 0 bridgehead atoms. The van der Waals surface area contributed by atoms with Gasteiger partial charge in [0.2, 0.25) is 0 Å². The van der Waals surface area contributed by atoms with Crippen molar-refractivity contribution < 1.29 is 0 Å². The normalized spacial score (nSPS) is 14.2. The highest BCUT2D eigenvalue weighted by atomic mass is 32.1. The van der Waals surface area contributed by atoms with Crippen LogP contribution >= 0.6 is 11.3 Å². The summed E-state index contributed by atoms with van der Waals surface area (Å²) in [5.41, 5.74) is 0. The van der Waals surface area contributed by atoms with Gasteiger partial charge in [0.1, 0.15) is 17.5 Å². The third kappa shape index (κ3) is 3.94. The lowest BCUT2D eigenvalue weighted by atomic mass is 10.3. The molecule has 0 atom stereocenters. The van der Waals surface area contributed by atoms with Crippen LogP contribution in [0.25, 0.3) is 0 Å². The molecule has 0 spiro atoms. The van der Waals surface area contributed by atoms with Crippen LogP contribution in [0, 0.1) is 6.92 Å². The first-order chi connectivity index (χ1) is 10.2. The molecule has 4 nitrogen and oxygen atoms in total. The zero-order chi connectivity index (χ0) is 14.7. The molecule has 1 aliphatic rings. The Balaban J connectivity index is 1.71. The summed E-state index contributed by atoms with van der Waals surface area (Å²) in [5, 5.41) is 6.81. The Morgan fingerprint density at radius 2 is 1.95 bits per heavy atom. The van der Waals surface area contributed by atoms with Crippen LogP contribution < -0.4 is 10.6 Å². The maximum Gasteiger partial charge on any atom is 0.136 e. The zero-order valence-electron chi connectivity index (χ0n) is 12.6. The molecule has 1 saturated carbocycles. The van der Waals surface area contributed by atoms with Crippen LogP contribution in [-0.4, -0.2) is 16.5 Å². The highest BCUT2D eigenvalue weighted by Gasteiger charge is 2.27. The number of thiophene rings is 1. The molecule has 0 aliphatic heterocycles. The second-order valence-corrected chi connectivity index (χ2v) is 6.94. The average molecular weight is 302 g/mol. The molecule has 3 rings (SSSR count). The first kappa shape index (κ1) is 14.3. The van der Waals surface area contributed by atoms with E-state index in [-0.39, 0.29) is 0 Å². The maximum absolute atomic E-state index is 4.67. The predicted octanol–water partition coefficient (Wildman–Crippen LogP) is 4.16. The highest BCUT2D eigenvalue weighted by Crippen LogP contribution is 2.38. The summed E-state index contributed by atoms with van der Waals surface area (Å²) in [4.78, 5) is 12.0. The molecule has 1 aliphatic carbocycles. The van der Waals surface area contributed by atoms with E-state index in [2.05, 4.69) is 46.6 Å². The van der Waals surface area contributed by atoms with Crippen molar-refractivity contribution in [1.29, 1.82) is 0 Å². The minimum Gasteiger partial charge on any atom is -0.370 e. The van der Waals surface area contributed by atoms with Crippen molar-refractivity contribution >= 4 is 23.0 Å². The zero-order valence-corrected chi connectivity index (χ0v) is 13.5. The number of aryl methyl sites for hydroxylation is 1. The molecule has 112 valence electrons. The molecule has 0 unspecified atom stereocenters. The Morgan fingerprint density at radius 3 is 2.57 bits per heavy atom. The topological polar surface area (TPSA) is 49.8 Å². The van der Waals surface area contributed by atoms with Gasteiger partial charge in [-0.2, -0.15) is 0 Å². The van der Waals surface area contributed by atoms with Gasteiger partial charge in [0.15, 0.2) is 0 Å². The van der Waals surface area contributed by atoms with E-state index in [0.717, 1.165) is 37.0 Å². The van der Waals surface area contributed by atoms with Crippen molar-refractivity contribution in [2.24, 2.45) is 0 Å². The van der Waals surface area contributed by atoms with E-state index in [1.54, 1.807) is 0 Å². The summed E-state index contributed by atoms with van der Waals surface area (Å²) >= 11 is 1.83. The molecule has 2 N–H and O–H groups in total. The molecule has 0 amide bonds. The lowest BCUT2D eigenvalue weighted by Crippen LogP contribution is -2.08. The Hall–Kier alpha value is -1.62. The molecule has 5 heteroatoms. The standard InChI is InChI=1S/C16H22N4S/c1-3-8-17-14-9-15(20-16(19-14)12-5-6-12)18-10-13-7-4-11(2)21-13/h4,7,9,12H,3,5-6,8,10H2,1-2H3,(H2,17,18,19,20). The second kappa shape index (κ2) is 6.43. The molecule has 2 aromatic rings. The van der Waals surface area contributed by atoms with Gasteiger partial charge in [-0.1, -0.05) is 6.92 Å². The van der Waals surface area contributed by atoms with Crippen molar-refractivity contribution in [2.45, 2.75) is 45.6 Å². The van der Waals surface area contributed by atoms with Crippen LogP contribution in [0.3, 0.4) is 0 Å². The Bertz CT molecular complexity index is 604. The molecule has 21 heavy (non-hydrogen) atoms. The molecule has 2 heterocycles. The van der Waals surface area contributed by atoms with Crippen LogP contribution in [0.15, 0.2) is 18.2 Å². The van der Waals surface area contributed by atoms with E-state index >= 15 is 0 Å². The van der Waals surface area contributed by atoms with Crippen LogP contribution in [0.5, 0.6) is 0 Å². The fourth-order valence-electron chi connectivity index (χ4n) is 2.18. The van der Waals surface area contributed by atoms with Crippen LogP contribution in [0.1, 0.15) is 47.7 Å². The number of rotatable bonds is 7. The van der Waals surface area contributed by atoms with Crippen molar-refractivity contribution in [3.63, 3.8) is 0 Å². The van der Waals surface area contributed by atoms with Gasteiger partial charge < -0.3 is 10.6 Å². The third-order valence-electron chi connectivity index (χ3n) is 3.48. The lowest BCUT2D eigenvalue weighted by Gasteiger charge is -2.10. The summed E-state index contributed by atoms with van der Waals surface area (Å²) in [6.45, 7) is 6.07. The smallest absolute Gasteiger partial charge is 0.136 e. The molecule has 1 fully saturated rings. The minimum absolute atomic E-state index is 0.568. The largest absolute Gasteiger partial charge is 0.370 e. The van der Waals surface area contributed by atoms with Gasteiger partial charge in [0.25, 0.3) is 0 Å². The van der Waals surface area contributed by atoms with Gasteiger partial charge in [-0.25, -0.2) is 9.97 Å². The van der Waals surface area contributed by atoms with Crippen molar-refractivity contribution in [2.75, 3.05) is 17.2 Å².